The number of nitrogens with two attached hydrogens (primary N) is 1. The number of thioether (sulfide) groups is 1. The van der Waals surface area contributed by atoms with Crippen LogP contribution in [0.25, 0.3) is 11.4 Å². The van der Waals surface area contributed by atoms with Gasteiger partial charge in [0.25, 0.3) is 0 Å². The Balaban J connectivity index is 1.68. The van der Waals surface area contributed by atoms with Gasteiger partial charge in [0.2, 0.25) is 11.1 Å². The summed E-state index contributed by atoms with van der Waals surface area (Å²) in [6.45, 7) is 0. The number of anilines is 1. The van der Waals surface area contributed by atoms with Gasteiger partial charge in [0.1, 0.15) is 5.75 Å². The van der Waals surface area contributed by atoms with Crippen LogP contribution in [0, 0.1) is 0 Å². The van der Waals surface area contributed by atoms with Gasteiger partial charge in [-0.05, 0) is 30.3 Å². The maximum Gasteiger partial charge on any atom is 0.416 e. The number of hydrogen-bond acceptors (Lipinski definition) is 6. The van der Waals surface area contributed by atoms with E-state index in [0.717, 1.165) is 30.0 Å². The Morgan fingerprint density at radius 1 is 1.27 bits per heavy atom. The summed E-state index contributed by atoms with van der Waals surface area (Å²) in [5.74, 6) is 6.24. The second kappa shape index (κ2) is 8.84. The molecule has 12 heteroatoms. The van der Waals surface area contributed by atoms with E-state index >= 15 is 0 Å². The lowest BCUT2D eigenvalue weighted by Gasteiger charge is -2.11. The lowest BCUT2D eigenvalue weighted by atomic mass is 10.2. The zero-order valence-corrected chi connectivity index (χ0v) is 17.0. The molecule has 30 heavy (non-hydrogen) atoms. The van der Waals surface area contributed by atoms with Gasteiger partial charge in [-0.2, -0.15) is 13.2 Å². The summed E-state index contributed by atoms with van der Waals surface area (Å²) in [7, 11) is 1.53. The molecular formula is C18H15ClF3N5O2S. The van der Waals surface area contributed by atoms with Crippen molar-refractivity contribution in [1.29, 1.82) is 0 Å². The lowest BCUT2D eigenvalue weighted by molar-refractivity contribution is -0.137. The van der Waals surface area contributed by atoms with E-state index in [1.165, 1.54) is 11.8 Å². The van der Waals surface area contributed by atoms with Crippen molar-refractivity contribution in [2.24, 2.45) is 0 Å². The number of hydrogen-bond donors (Lipinski definition) is 2. The Hall–Kier alpha value is -2.92. The Labute approximate surface area is 178 Å². The van der Waals surface area contributed by atoms with Crippen LogP contribution < -0.4 is 15.9 Å². The number of benzene rings is 2. The molecule has 0 spiro atoms. The number of halogens is 4. The highest BCUT2D eigenvalue weighted by Crippen LogP contribution is 2.34. The molecule has 7 nitrogen and oxygen atoms in total. The Kier molecular flexibility index (Phi) is 6.42. The minimum absolute atomic E-state index is 0.0105. The molecule has 3 aromatic rings. The smallest absolute Gasteiger partial charge is 0.416 e. The minimum atomic E-state index is -4.55. The molecule has 0 aliphatic rings. The molecule has 0 saturated heterocycles. The first kappa shape index (κ1) is 21.8. The van der Waals surface area contributed by atoms with Crippen LogP contribution in [0.4, 0.5) is 18.9 Å². The Morgan fingerprint density at radius 2 is 2.03 bits per heavy atom. The fourth-order valence-corrected chi connectivity index (χ4v) is 3.27. The molecule has 0 saturated carbocycles. The lowest BCUT2D eigenvalue weighted by Crippen LogP contribution is -2.17. The highest BCUT2D eigenvalue weighted by molar-refractivity contribution is 7.99. The number of amides is 1. The number of nitrogen functional groups attached to an aromatic ring is 1. The van der Waals surface area contributed by atoms with Crippen molar-refractivity contribution in [3.05, 3.63) is 53.1 Å². The first-order chi connectivity index (χ1) is 14.2. The first-order valence-electron chi connectivity index (χ1n) is 8.33. The molecule has 1 aromatic heterocycles. The largest absolute Gasteiger partial charge is 0.497 e. The predicted molar refractivity (Wildman–Crippen MR) is 108 cm³/mol. The molecule has 0 bridgehead atoms. The zero-order valence-electron chi connectivity index (χ0n) is 15.4. The van der Waals surface area contributed by atoms with Gasteiger partial charge in [-0.15, -0.1) is 10.2 Å². The van der Waals surface area contributed by atoms with Crippen LogP contribution in [0.3, 0.4) is 0 Å². The van der Waals surface area contributed by atoms with Gasteiger partial charge in [0.05, 0.1) is 29.1 Å². The van der Waals surface area contributed by atoms with Crippen LogP contribution in [-0.4, -0.2) is 33.6 Å². The second-order valence-corrected chi connectivity index (χ2v) is 7.29. The normalized spacial score (nSPS) is 11.4. The van der Waals surface area contributed by atoms with Gasteiger partial charge in [0, 0.05) is 5.56 Å². The van der Waals surface area contributed by atoms with Crippen molar-refractivity contribution in [3.8, 4) is 17.1 Å². The number of nitrogens with one attached hydrogen (secondary N) is 1. The van der Waals surface area contributed by atoms with Crippen LogP contribution in [0.2, 0.25) is 5.02 Å². The minimum Gasteiger partial charge on any atom is -0.497 e. The summed E-state index contributed by atoms with van der Waals surface area (Å²) in [5, 5.41) is 10.6. The van der Waals surface area contributed by atoms with E-state index in [0.29, 0.717) is 17.1 Å². The van der Waals surface area contributed by atoms with Crippen LogP contribution >= 0.6 is 23.4 Å². The quantitative estimate of drug-likeness (QED) is 0.428. The van der Waals surface area contributed by atoms with E-state index in [1.54, 1.807) is 24.3 Å². The molecule has 1 amide bonds. The van der Waals surface area contributed by atoms with Crippen LogP contribution in [0.5, 0.6) is 5.75 Å². The molecule has 3 N–H and O–H groups in total. The van der Waals surface area contributed by atoms with E-state index in [9.17, 15) is 18.0 Å². The van der Waals surface area contributed by atoms with E-state index in [-0.39, 0.29) is 21.6 Å². The second-order valence-electron chi connectivity index (χ2n) is 5.94. The molecule has 2 aromatic carbocycles. The fourth-order valence-electron chi connectivity index (χ4n) is 2.45. The molecule has 0 aliphatic carbocycles. The topological polar surface area (TPSA) is 95.1 Å². The summed E-state index contributed by atoms with van der Waals surface area (Å²) in [6, 6.07) is 9.71. The SMILES string of the molecule is COc1cccc(-c2nnc(SCC(=O)Nc3cc(C(F)(F)F)ccc3Cl)n2N)c1. The summed E-state index contributed by atoms with van der Waals surface area (Å²) >= 11 is 6.85. The Bertz CT molecular complexity index is 1070. The molecule has 0 radical (unpaired) electrons. The number of ether oxygens (including phenoxy) is 1. The van der Waals surface area contributed by atoms with Gasteiger partial charge in [0.15, 0.2) is 5.82 Å². The third-order valence-corrected chi connectivity index (χ3v) is 5.17. The predicted octanol–water partition coefficient (Wildman–Crippen LogP) is 4.07. The van der Waals surface area contributed by atoms with E-state index < -0.39 is 17.6 Å². The average molecular weight is 458 g/mol. The summed E-state index contributed by atoms with van der Waals surface area (Å²) in [5.41, 5.74) is -0.390. The highest BCUT2D eigenvalue weighted by atomic mass is 35.5. The standard InChI is InChI=1S/C18H15ClF3N5O2S/c1-29-12-4-2-3-10(7-12)16-25-26-17(27(16)23)30-9-15(28)24-14-8-11(18(20,21)22)5-6-13(14)19/h2-8H,9,23H2,1H3,(H,24,28). The van der Waals surface area contributed by atoms with Gasteiger partial charge in [-0.25, -0.2) is 4.68 Å². The molecule has 0 atom stereocenters. The number of methoxy groups -OCH3 is 1. The summed E-state index contributed by atoms with van der Waals surface area (Å²) in [6.07, 6.45) is -4.55. The van der Waals surface area contributed by atoms with Crippen molar-refractivity contribution in [1.82, 2.24) is 14.9 Å². The van der Waals surface area contributed by atoms with Crippen LogP contribution in [-0.2, 0) is 11.0 Å². The van der Waals surface area contributed by atoms with E-state index in [1.807, 2.05) is 0 Å². The number of aromatic nitrogens is 3. The first-order valence-corrected chi connectivity index (χ1v) is 9.69. The monoisotopic (exact) mass is 457 g/mol. The third kappa shape index (κ3) is 4.97. The number of carbonyl (C=O) groups is 1. The molecule has 3 rings (SSSR count). The van der Waals surface area contributed by atoms with E-state index in [4.69, 9.17) is 22.2 Å². The summed E-state index contributed by atoms with van der Waals surface area (Å²) < 4.78 is 44.9. The summed E-state index contributed by atoms with van der Waals surface area (Å²) in [4.78, 5) is 12.2. The maximum atomic E-state index is 12.8. The van der Waals surface area contributed by atoms with Gasteiger partial charge in [-0.3, -0.25) is 4.79 Å². The van der Waals surface area contributed by atoms with Gasteiger partial charge < -0.3 is 15.9 Å². The molecular weight excluding hydrogens is 443 g/mol. The van der Waals surface area contributed by atoms with Gasteiger partial charge in [-0.1, -0.05) is 35.5 Å². The Morgan fingerprint density at radius 3 is 2.73 bits per heavy atom. The molecule has 0 unspecified atom stereocenters. The molecule has 0 aliphatic heterocycles. The van der Waals surface area contributed by atoms with Crippen molar-refractivity contribution in [2.45, 2.75) is 11.3 Å². The van der Waals surface area contributed by atoms with Crippen LogP contribution in [0.1, 0.15) is 5.56 Å². The highest BCUT2D eigenvalue weighted by Gasteiger charge is 2.31. The number of nitrogens with zero attached hydrogens (tertiary/aromatic N) is 3. The maximum absolute atomic E-state index is 12.8. The third-order valence-electron chi connectivity index (χ3n) is 3.89. The zero-order chi connectivity index (χ0) is 21.9. The van der Waals surface area contributed by atoms with Crippen molar-refractivity contribution in [3.63, 3.8) is 0 Å². The van der Waals surface area contributed by atoms with Crippen molar-refractivity contribution < 1.29 is 22.7 Å². The fraction of sp³-hybridized carbons (Fsp3) is 0.167. The van der Waals surface area contributed by atoms with Gasteiger partial charge >= 0.3 is 6.18 Å². The molecule has 158 valence electrons. The number of alkyl halides is 3. The van der Waals surface area contributed by atoms with Crippen LogP contribution in [0.15, 0.2) is 47.6 Å². The molecule has 0 fully saturated rings. The van der Waals surface area contributed by atoms with Crippen molar-refractivity contribution in [2.75, 3.05) is 24.0 Å². The van der Waals surface area contributed by atoms with E-state index in [2.05, 4.69) is 15.5 Å². The average Bonchev–Trinajstić information content (AvgIpc) is 3.07. The number of carbonyl (C=O) groups excluding carboxylic acids is 1. The molecule has 1 heterocycles. The number of rotatable bonds is 6. The van der Waals surface area contributed by atoms with Crippen molar-refractivity contribution >= 4 is 35.0 Å².